The van der Waals surface area contributed by atoms with Gasteiger partial charge in [-0.15, -0.1) is 11.8 Å². The van der Waals surface area contributed by atoms with E-state index < -0.39 is 15.3 Å². The van der Waals surface area contributed by atoms with E-state index in [1.54, 1.807) is 6.92 Å². The van der Waals surface area contributed by atoms with E-state index in [-0.39, 0.29) is 22.5 Å². The molecule has 0 heterocycles. The Morgan fingerprint density at radius 1 is 0.964 bits per heavy atom. The molecule has 0 spiro atoms. The largest absolute Gasteiger partial charge is 0.325 e. The van der Waals surface area contributed by atoms with Gasteiger partial charge < -0.3 is 10.6 Å². The molecular weight excluding hydrogens is 398 g/mol. The molecule has 1 atom stereocenters. The van der Waals surface area contributed by atoms with E-state index in [0.29, 0.717) is 11.4 Å². The van der Waals surface area contributed by atoms with Crippen molar-refractivity contribution in [3.8, 4) is 0 Å². The number of amides is 2. The standard InChI is InChI=1S/C19H23N3O4S2/c1-13-4-6-15(7-5-13)21-18(23)12-27-14(2)19(24)22-16-8-10-17(11-9-16)28(25,26)20-3/h4-11,14,20H,12H2,1-3H3,(H,21,23)(H,22,24)/t14-/m1/s1. The highest BCUT2D eigenvalue weighted by Gasteiger charge is 2.16. The summed E-state index contributed by atoms with van der Waals surface area (Å²) < 4.78 is 25.6. The number of nitrogens with one attached hydrogen (secondary N) is 3. The van der Waals surface area contributed by atoms with Gasteiger partial charge >= 0.3 is 0 Å². The number of thioether (sulfide) groups is 1. The van der Waals surface area contributed by atoms with Crippen LogP contribution in [0, 0.1) is 6.92 Å². The Labute approximate surface area is 169 Å². The Kier molecular flexibility index (Phi) is 7.61. The van der Waals surface area contributed by atoms with E-state index in [1.807, 2.05) is 31.2 Å². The van der Waals surface area contributed by atoms with Gasteiger partial charge in [-0.05, 0) is 57.3 Å². The fraction of sp³-hybridized carbons (Fsp3) is 0.263. The lowest BCUT2D eigenvalue weighted by atomic mass is 10.2. The van der Waals surface area contributed by atoms with Gasteiger partial charge in [0.2, 0.25) is 21.8 Å². The lowest BCUT2D eigenvalue weighted by Crippen LogP contribution is -2.25. The molecule has 2 aromatic carbocycles. The summed E-state index contributed by atoms with van der Waals surface area (Å²) in [5, 5.41) is 5.04. The third kappa shape index (κ3) is 6.36. The molecule has 0 aliphatic rings. The molecule has 28 heavy (non-hydrogen) atoms. The summed E-state index contributed by atoms with van der Waals surface area (Å²) in [6.07, 6.45) is 0. The Bertz CT molecular complexity index is 927. The van der Waals surface area contributed by atoms with Gasteiger partial charge in [0.1, 0.15) is 0 Å². The maximum atomic E-state index is 12.3. The van der Waals surface area contributed by atoms with Crippen molar-refractivity contribution in [2.45, 2.75) is 24.0 Å². The highest BCUT2D eigenvalue weighted by Crippen LogP contribution is 2.17. The Morgan fingerprint density at radius 3 is 2.07 bits per heavy atom. The number of rotatable bonds is 8. The van der Waals surface area contributed by atoms with Crippen molar-refractivity contribution in [1.82, 2.24) is 4.72 Å². The zero-order valence-corrected chi connectivity index (χ0v) is 17.5. The van der Waals surface area contributed by atoms with Gasteiger partial charge in [-0.1, -0.05) is 17.7 Å². The summed E-state index contributed by atoms with van der Waals surface area (Å²) >= 11 is 1.22. The van der Waals surface area contributed by atoms with Crippen LogP contribution in [-0.4, -0.2) is 38.3 Å². The molecule has 9 heteroatoms. The van der Waals surface area contributed by atoms with Crippen LogP contribution in [0.1, 0.15) is 12.5 Å². The first kappa shape index (κ1) is 21.9. The zero-order valence-electron chi connectivity index (χ0n) is 15.9. The minimum absolute atomic E-state index is 0.114. The van der Waals surface area contributed by atoms with Gasteiger partial charge in [0.15, 0.2) is 0 Å². The smallest absolute Gasteiger partial charge is 0.240 e. The van der Waals surface area contributed by atoms with Gasteiger partial charge in [0.25, 0.3) is 0 Å². The second kappa shape index (κ2) is 9.72. The quantitative estimate of drug-likeness (QED) is 0.608. The number of anilines is 2. The molecule has 2 rings (SSSR count). The molecule has 0 aliphatic heterocycles. The molecule has 7 nitrogen and oxygen atoms in total. The minimum atomic E-state index is -3.52. The number of carbonyl (C=O) groups excluding carboxylic acids is 2. The van der Waals surface area contributed by atoms with Gasteiger partial charge in [-0.2, -0.15) is 0 Å². The van der Waals surface area contributed by atoms with Crippen molar-refractivity contribution in [2.75, 3.05) is 23.4 Å². The fourth-order valence-electron chi connectivity index (χ4n) is 2.19. The van der Waals surface area contributed by atoms with E-state index in [9.17, 15) is 18.0 Å². The van der Waals surface area contributed by atoms with E-state index >= 15 is 0 Å². The molecule has 0 aromatic heterocycles. The lowest BCUT2D eigenvalue weighted by Gasteiger charge is -2.12. The predicted octanol–water partition coefficient (Wildman–Crippen LogP) is 2.60. The Balaban J connectivity index is 1.83. The second-order valence-corrected chi connectivity index (χ2v) is 9.30. The van der Waals surface area contributed by atoms with Crippen LogP contribution in [0.25, 0.3) is 0 Å². The Hall–Kier alpha value is -2.36. The molecular formula is C19H23N3O4S2. The number of hydrogen-bond acceptors (Lipinski definition) is 5. The highest BCUT2D eigenvalue weighted by atomic mass is 32.2. The first-order valence-electron chi connectivity index (χ1n) is 8.54. The topological polar surface area (TPSA) is 104 Å². The lowest BCUT2D eigenvalue weighted by molar-refractivity contribution is -0.115. The SMILES string of the molecule is CNS(=O)(=O)c1ccc(NC(=O)[C@@H](C)SCC(=O)Nc2ccc(C)cc2)cc1. The van der Waals surface area contributed by atoms with Crippen LogP contribution in [0.4, 0.5) is 11.4 Å². The summed E-state index contributed by atoms with van der Waals surface area (Å²) in [6.45, 7) is 3.67. The number of aryl methyl sites for hydroxylation is 1. The summed E-state index contributed by atoms with van der Waals surface area (Å²) in [7, 11) is -2.19. The highest BCUT2D eigenvalue weighted by molar-refractivity contribution is 8.01. The minimum Gasteiger partial charge on any atom is -0.325 e. The molecule has 2 aromatic rings. The molecule has 0 bridgehead atoms. The van der Waals surface area contributed by atoms with Crippen LogP contribution >= 0.6 is 11.8 Å². The van der Waals surface area contributed by atoms with Gasteiger partial charge in [-0.3, -0.25) is 9.59 Å². The maximum absolute atomic E-state index is 12.3. The van der Waals surface area contributed by atoms with Crippen molar-refractivity contribution >= 4 is 45.0 Å². The summed E-state index contributed by atoms with van der Waals surface area (Å²) in [5.74, 6) is -0.311. The monoisotopic (exact) mass is 421 g/mol. The third-order valence-corrected chi connectivity index (χ3v) is 6.44. The van der Waals surface area contributed by atoms with E-state index in [4.69, 9.17) is 0 Å². The number of hydrogen-bond donors (Lipinski definition) is 3. The zero-order chi connectivity index (χ0) is 20.7. The summed E-state index contributed by atoms with van der Waals surface area (Å²) in [5.41, 5.74) is 2.30. The van der Waals surface area contributed by atoms with Gasteiger partial charge in [-0.25, -0.2) is 13.1 Å². The predicted molar refractivity (Wildman–Crippen MR) is 113 cm³/mol. The van der Waals surface area contributed by atoms with Gasteiger partial charge in [0, 0.05) is 11.4 Å². The molecule has 0 fully saturated rings. The first-order valence-corrected chi connectivity index (χ1v) is 11.1. The van der Waals surface area contributed by atoms with Crippen molar-refractivity contribution in [2.24, 2.45) is 0 Å². The normalized spacial score (nSPS) is 12.2. The Morgan fingerprint density at radius 2 is 1.50 bits per heavy atom. The molecule has 0 radical (unpaired) electrons. The van der Waals surface area contributed by atoms with Crippen molar-refractivity contribution in [3.05, 3.63) is 54.1 Å². The molecule has 0 saturated carbocycles. The average Bonchev–Trinajstić information content (AvgIpc) is 2.68. The molecule has 2 amide bonds. The third-order valence-electron chi connectivity index (χ3n) is 3.87. The summed E-state index contributed by atoms with van der Waals surface area (Å²) in [6, 6.07) is 13.3. The number of carbonyl (C=O) groups is 2. The number of benzene rings is 2. The van der Waals surface area contributed by atoms with Crippen LogP contribution in [0.2, 0.25) is 0 Å². The fourth-order valence-corrected chi connectivity index (χ4v) is 3.60. The van der Waals surface area contributed by atoms with Crippen LogP contribution in [0.3, 0.4) is 0 Å². The molecule has 0 unspecified atom stereocenters. The molecule has 150 valence electrons. The summed E-state index contributed by atoms with van der Waals surface area (Å²) in [4.78, 5) is 24.4. The average molecular weight is 422 g/mol. The van der Waals surface area contributed by atoms with Crippen LogP contribution in [0.15, 0.2) is 53.4 Å². The maximum Gasteiger partial charge on any atom is 0.240 e. The van der Waals surface area contributed by atoms with Crippen molar-refractivity contribution in [3.63, 3.8) is 0 Å². The molecule has 3 N–H and O–H groups in total. The van der Waals surface area contributed by atoms with Crippen molar-refractivity contribution < 1.29 is 18.0 Å². The van der Waals surface area contributed by atoms with Crippen LogP contribution < -0.4 is 15.4 Å². The van der Waals surface area contributed by atoms with Crippen LogP contribution in [0.5, 0.6) is 0 Å². The molecule has 0 saturated heterocycles. The van der Waals surface area contributed by atoms with Crippen molar-refractivity contribution in [1.29, 1.82) is 0 Å². The molecule has 0 aliphatic carbocycles. The first-order chi connectivity index (χ1) is 13.2. The van der Waals surface area contributed by atoms with E-state index in [1.165, 1.54) is 43.1 Å². The van der Waals surface area contributed by atoms with Gasteiger partial charge in [0.05, 0.1) is 15.9 Å². The van der Waals surface area contributed by atoms with E-state index in [2.05, 4.69) is 15.4 Å². The van der Waals surface area contributed by atoms with Crippen LogP contribution in [-0.2, 0) is 19.6 Å². The van der Waals surface area contributed by atoms with E-state index in [0.717, 1.165) is 5.56 Å². The second-order valence-electron chi connectivity index (χ2n) is 6.09. The number of sulfonamides is 1.